The molecule has 4 rings (SSSR count). The van der Waals surface area contributed by atoms with Gasteiger partial charge in [-0.2, -0.15) is 0 Å². The second kappa shape index (κ2) is 13.3. The molecule has 0 spiro atoms. The van der Waals surface area contributed by atoms with Gasteiger partial charge in [-0.3, -0.25) is 4.79 Å². The number of hydrogen-bond acceptors (Lipinski definition) is 13. The second-order valence-corrected chi connectivity index (χ2v) is 14.5. The van der Waals surface area contributed by atoms with Gasteiger partial charge in [-0.05, 0) is 43.3 Å². The lowest BCUT2D eigenvalue weighted by atomic mass is 9.85. The van der Waals surface area contributed by atoms with Gasteiger partial charge in [-0.15, -0.1) is 22.0 Å². The quantitative estimate of drug-likeness (QED) is 0.222. The lowest BCUT2D eigenvalue weighted by molar-refractivity contribution is -0.205. The summed E-state index contributed by atoms with van der Waals surface area (Å²) in [5.74, 6) is 1.21. The summed E-state index contributed by atoms with van der Waals surface area (Å²) in [4.78, 5) is 13.7. The minimum Gasteiger partial charge on any atom is -0.388 e. The molecule has 7 N–H and O–H groups in total. The first kappa shape index (κ1) is 30.3. The zero-order chi connectivity index (χ0) is 27.6. The summed E-state index contributed by atoms with van der Waals surface area (Å²) in [6, 6.07) is -1.26. The Labute approximate surface area is 236 Å². The Morgan fingerprint density at radius 1 is 1.24 bits per heavy atom. The van der Waals surface area contributed by atoms with Crippen molar-refractivity contribution in [3.8, 4) is 0 Å². The summed E-state index contributed by atoms with van der Waals surface area (Å²) in [5.41, 5.74) is 4.99. The van der Waals surface area contributed by atoms with E-state index in [4.69, 9.17) is 15.2 Å². The van der Waals surface area contributed by atoms with E-state index in [1.54, 1.807) is 6.26 Å². The number of aliphatic hydroxyl groups is 3. The van der Waals surface area contributed by atoms with Crippen LogP contribution in [0.5, 0.6) is 0 Å². The van der Waals surface area contributed by atoms with Crippen LogP contribution in [-0.4, -0.2) is 104 Å². The second-order valence-electron chi connectivity index (χ2n) is 10.9. The molecule has 0 aromatic carbocycles. The van der Waals surface area contributed by atoms with Crippen molar-refractivity contribution in [2.24, 2.45) is 17.8 Å². The van der Waals surface area contributed by atoms with Crippen molar-refractivity contribution in [2.75, 3.05) is 25.1 Å². The molecule has 3 aliphatic rings. The molecule has 38 heavy (non-hydrogen) atoms. The molecule has 4 heterocycles. The molecule has 3 fully saturated rings. The van der Waals surface area contributed by atoms with Crippen molar-refractivity contribution in [2.45, 2.75) is 97.7 Å². The van der Waals surface area contributed by atoms with Crippen LogP contribution in [0.1, 0.15) is 40.0 Å². The van der Waals surface area contributed by atoms with Gasteiger partial charge in [0.1, 0.15) is 35.9 Å². The fraction of sp³-hybridized carbons (Fsp3) is 0.875. The fourth-order valence-electron chi connectivity index (χ4n) is 5.86. The SMILES string of the molecule is CSC1OC([C@H](NC(=O)[C@H]2NC[C@@H]3C[C@H](CC(C)C)CCO[C@H]32)[C@H](C)Sc2nnc(N)s2)C(O)C(O)C1O. The summed E-state index contributed by atoms with van der Waals surface area (Å²) in [6.07, 6.45) is -0.353. The molecule has 0 aliphatic carbocycles. The minimum atomic E-state index is -1.42. The molecule has 216 valence electrons. The third kappa shape index (κ3) is 6.95. The fourth-order valence-corrected chi connectivity index (χ4v) is 8.56. The molecule has 1 aromatic rings. The van der Waals surface area contributed by atoms with Crippen LogP contribution in [0, 0.1) is 17.8 Å². The van der Waals surface area contributed by atoms with Gasteiger partial charge < -0.3 is 41.2 Å². The van der Waals surface area contributed by atoms with E-state index in [2.05, 4.69) is 34.7 Å². The Bertz CT molecular complexity index is 926. The highest BCUT2D eigenvalue weighted by Crippen LogP contribution is 2.36. The molecule has 0 radical (unpaired) electrons. The van der Waals surface area contributed by atoms with Crippen molar-refractivity contribution in [1.29, 1.82) is 0 Å². The van der Waals surface area contributed by atoms with Gasteiger partial charge >= 0.3 is 0 Å². The lowest BCUT2D eigenvalue weighted by Crippen LogP contribution is -2.65. The van der Waals surface area contributed by atoms with E-state index in [1.165, 1.54) is 34.9 Å². The Balaban J connectivity index is 1.51. The van der Waals surface area contributed by atoms with Gasteiger partial charge in [0.25, 0.3) is 0 Å². The Hall–Kier alpha value is -0.710. The van der Waals surface area contributed by atoms with E-state index in [-0.39, 0.29) is 23.2 Å². The van der Waals surface area contributed by atoms with E-state index in [0.717, 1.165) is 19.3 Å². The van der Waals surface area contributed by atoms with E-state index in [0.29, 0.717) is 34.5 Å². The van der Waals surface area contributed by atoms with Gasteiger partial charge in [0.2, 0.25) is 11.0 Å². The summed E-state index contributed by atoms with van der Waals surface area (Å²) >= 11 is 3.81. The predicted molar refractivity (Wildman–Crippen MR) is 149 cm³/mol. The van der Waals surface area contributed by atoms with Gasteiger partial charge in [0.15, 0.2) is 4.34 Å². The van der Waals surface area contributed by atoms with Gasteiger partial charge in [0, 0.05) is 18.4 Å². The van der Waals surface area contributed by atoms with Crippen molar-refractivity contribution in [1.82, 2.24) is 20.8 Å². The van der Waals surface area contributed by atoms with Crippen molar-refractivity contribution in [3.05, 3.63) is 0 Å². The number of hydrogen-bond donors (Lipinski definition) is 6. The first-order valence-corrected chi connectivity index (χ1v) is 16.2. The standard InChI is InChI=1S/C24H41N5O6S3/c1-10(2)7-12-5-6-34-19-13(8-12)9-26-15(19)21(33)27-14(11(3)37-24-29-28-23(25)38-24)20-17(31)16(30)18(32)22(35-20)36-4/h10-20,22,26,30-32H,5-9H2,1-4H3,(H2,25,28)(H,27,33)/t11-,12-,13-,14+,15-,16?,17?,18?,19+,20?,22?/m0/s1. The zero-order valence-corrected chi connectivity index (χ0v) is 24.7. The highest BCUT2D eigenvalue weighted by atomic mass is 32.2. The number of carbonyl (C=O) groups is 1. The van der Waals surface area contributed by atoms with Crippen LogP contribution in [0.3, 0.4) is 0 Å². The molecule has 11 nitrogen and oxygen atoms in total. The number of rotatable bonds is 9. The number of nitrogens with two attached hydrogens (primary N) is 1. The van der Waals surface area contributed by atoms with Crippen molar-refractivity contribution in [3.63, 3.8) is 0 Å². The number of fused-ring (bicyclic) bond motifs is 1. The molecule has 1 aromatic heterocycles. The lowest BCUT2D eigenvalue weighted by Gasteiger charge is -2.44. The first-order chi connectivity index (χ1) is 18.1. The maximum atomic E-state index is 13.7. The average Bonchev–Trinajstić information content (AvgIpc) is 3.40. The predicted octanol–water partition coefficient (Wildman–Crippen LogP) is 0.686. The average molecular weight is 592 g/mol. The van der Waals surface area contributed by atoms with Gasteiger partial charge in [-0.25, -0.2) is 0 Å². The molecule has 1 amide bonds. The molecular formula is C24H41N5O6S3. The number of aromatic nitrogens is 2. The Kier molecular flexibility index (Phi) is 10.6. The maximum Gasteiger partial charge on any atom is 0.240 e. The van der Waals surface area contributed by atoms with Crippen molar-refractivity contribution < 1.29 is 29.6 Å². The molecule has 3 saturated heterocycles. The number of carbonyl (C=O) groups excluding carboxylic acids is 1. The first-order valence-electron chi connectivity index (χ1n) is 13.2. The number of nitrogen functional groups attached to an aromatic ring is 1. The number of amides is 1. The number of ether oxygens (including phenoxy) is 2. The minimum absolute atomic E-state index is 0.234. The molecule has 14 heteroatoms. The Morgan fingerprint density at radius 3 is 2.66 bits per heavy atom. The molecule has 0 saturated carbocycles. The molecule has 0 bridgehead atoms. The number of nitrogens with one attached hydrogen (secondary N) is 2. The molecule has 11 atom stereocenters. The molecule has 3 aliphatic heterocycles. The van der Waals surface area contributed by atoms with Crippen LogP contribution in [0.4, 0.5) is 5.13 Å². The normalized spacial score (nSPS) is 37.4. The smallest absolute Gasteiger partial charge is 0.240 e. The number of anilines is 1. The number of aliphatic hydroxyl groups excluding tert-OH is 3. The Morgan fingerprint density at radius 2 is 2.00 bits per heavy atom. The largest absolute Gasteiger partial charge is 0.388 e. The van der Waals surface area contributed by atoms with Crippen LogP contribution in [0.25, 0.3) is 0 Å². The number of thioether (sulfide) groups is 2. The molecular weight excluding hydrogens is 550 g/mol. The van der Waals surface area contributed by atoms with Crippen LogP contribution < -0.4 is 16.4 Å². The molecule has 5 unspecified atom stereocenters. The summed E-state index contributed by atoms with van der Waals surface area (Å²) in [6.45, 7) is 7.70. The van der Waals surface area contributed by atoms with E-state index in [9.17, 15) is 20.1 Å². The van der Waals surface area contributed by atoms with Gasteiger partial charge in [-0.1, -0.05) is 43.9 Å². The highest BCUT2D eigenvalue weighted by Gasteiger charge is 2.50. The van der Waals surface area contributed by atoms with E-state index in [1.807, 2.05) is 6.92 Å². The maximum absolute atomic E-state index is 13.7. The summed E-state index contributed by atoms with van der Waals surface area (Å²) in [7, 11) is 0. The topological polar surface area (TPSA) is 172 Å². The van der Waals surface area contributed by atoms with E-state index >= 15 is 0 Å². The van der Waals surface area contributed by atoms with Crippen LogP contribution in [0.15, 0.2) is 4.34 Å². The monoisotopic (exact) mass is 591 g/mol. The summed E-state index contributed by atoms with van der Waals surface area (Å²) < 4.78 is 12.9. The third-order valence-corrected chi connectivity index (χ3v) is 10.6. The van der Waals surface area contributed by atoms with Gasteiger partial charge in [0.05, 0.1) is 12.1 Å². The number of nitrogens with zero attached hydrogens (tertiary/aromatic N) is 2. The van der Waals surface area contributed by atoms with Crippen LogP contribution >= 0.6 is 34.9 Å². The van der Waals surface area contributed by atoms with Crippen LogP contribution in [0.2, 0.25) is 0 Å². The summed E-state index contributed by atoms with van der Waals surface area (Å²) in [5, 5.41) is 46.3. The highest BCUT2D eigenvalue weighted by molar-refractivity contribution is 8.01. The zero-order valence-electron chi connectivity index (χ0n) is 22.2. The van der Waals surface area contributed by atoms with E-state index < -0.39 is 41.9 Å². The van der Waals surface area contributed by atoms with Crippen LogP contribution in [-0.2, 0) is 14.3 Å². The third-order valence-electron chi connectivity index (χ3n) is 7.67. The van der Waals surface area contributed by atoms with Crippen molar-refractivity contribution >= 4 is 45.9 Å².